The van der Waals surface area contributed by atoms with E-state index < -0.39 is 36.0 Å². The SMILES string of the molecule is O=C(CCCCC[C@@H]1NC(=O)[C@H]2CCCN2C(=O)[C@H](Cc2ccccc2)NC(=O)[C@H](Cc2ccccc2)NC1=O)C1CO1. The van der Waals surface area contributed by atoms with E-state index in [0.29, 0.717) is 58.1 Å². The van der Waals surface area contributed by atoms with Crippen LogP contribution < -0.4 is 16.0 Å². The smallest absolute Gasteiger partial charge is 0.246 e. The fourth-order valence-electron chi connectivity index (χ4n) is 5.91. The molecule has 3 fully saturated rings. The van der Waals surface area contributed by atoms with Crippen molar-refractivity contribution in [2.75, 3.05) is 13.2 Å². The van der Waals surface area contributed by atoms with Crippen LogP contribution >= 0.6 is 0 Å². The predicted octanol–water partition coefficient (Wildman–Crippen LogP) is 1.85. The third-order valence-electron chi connectivity index (χ3n) is 8.39. The fourth-order valence-corrected chi connectivity index (χ4v) is 5.91. The van der Waals surface area contributed by atoms with Crippen LogP contribution in [0.5, 0.6) is 0 Å². The second-order valence-electron chi connectivity index (χ2n) is 11.6. The molecule has 3 saturated heterocycles. The van der Waals surface area contributed by atoms with Crippen LogP contribution in [0.15, 0.2) is 60.7 Å². The van der Waals surface area contributed by atoms with Crippen molar-refractivity contribution in [1.82, 2.24) is 20.9 Å². The summed E-state index contributed by atoms with van der Waals surface area (Å²) in [6.45, 7) is 0.902. The standard InChI is InChI=1S/C33H40N4O6/c38-28(29-21-43-29)17-9-3-8-15-24-30(39)35-25(19-22-11-4-1-5-12-22)31(40)36-26(20-23-13-6-2-7-14-23)33(42)37-18-10-16-27(37)32(41)34-24/h1-2,4-7,11-14,24-27,29H,3,8-10,15-21H2,(H,34,41)(H,35,39)(H,36,40)/t24-,25-,26-,27+,29?/m0/s1. The van der Waals surface area contributed by atoms with Crippen LogP contribution in [-0.4, -0.2) is 77.7 Å². The molecule has 1 unspecified atom stereocenters. The van der Waals surface area contributed by atoms with Crippen LogP contribution in [0.25, 0.3) is 0 Å². The number of fused-ring (bicyclic) bond motifs is 1. The average molecular weight is 589 g/mol. The first-order valence-electron chi connectivity index (χ1n) is 15.3. The number of amides is 4. The highest BCUT2D eigenvalue weighted by atomic mass is 16.6. The monoisotopic (exact) mass is 588 g/mol. The van der Waals surface area contributed by atoms with Crippen LogP contribution in [0.1, 0.15) is 56.1 Å². The molecular formula is C33H40N4O6. The fraction of sp³-hybridized carbons (Fsp3) is 0.485. The van der Waals surface area contributed by atoms with Crippen LogP contribution in [0.2, 0.25) is 0 Å². The Morgan fingerprint density at radius 3 is 1.98 bits per heavy atom. The van der Waals surface area contributed by atoms with Crippen LogP contribution in [0, 0.1) is 0 Å². The van der Waals surface area contributed by atoms with Gasteiger partial charge in [-0.3, -0.25) is 24.0 Å². The molecule has 3 aliphatic heterocycles. The number of ether oxygens (including phenoxy) is 1. The lowest BCUT2D eigenvalue weighted by Gasteiger charge is -2.32. The maximum absolute atomic E-state index is 13.9. The van der Waals surface area contributed by atoms with Gasteiger partial charge in [0.05, 0.1) is 6.61 Å². The third-order valence-corrected chi connectivity index (χ3v) is 8.39. The van der Waals surface area contributed by atoms with E-state index in [1.165, 1.54) is 0 Å². The van der Waals surface area contributed by atoms with Crippen molar-refractivity contribution >= 4 is 29.4 Å². The molecule has 4 amide bonds. The van der Waals surface area contributed by atoms with E-state index in [9.17, 15) is 24.0 Å². The molecule has 3 aliphatic rings. The summed E-state index contributed by atoms with van der Waals surface area (Å²) in [5.74, 6) is -1.46. The molecule has 5 rings (SSSR count). The summed E-state index contributed by atoms with van der Waals surface area (Å²) in [6, 6.07) is 15.4. The molecule has 43 heavy (non-hydrogen) atoms. The number of benzene rings is 2. The number of unbranched alkanes of at least 4 members (excludes halogenated alkanes) is 2. The third kappa shape index (κ3) is 8.28. The minimum absolute atomic E-state index is 0.100. The highest BCUT2D eigenvalue weighted by molar-refractivity contribution is 5.98. The quantitative estimate of drug-likeness (QED) is 0.271. The van der Waals surface area contributed by atoms with Crippen LogP contribution in [0.3, 0.4) is 0 Å². The van der Waals surface area contributed by atoms with Gasteiger partial charge in [0.15, 0.2) is 5.78 Å². The molecule has 10 nitrogen and oxygen atoms in total. The van der Waals surface area contributed by atoms with E-state index in [1.807, 2.05) is 60.7 Å². The molecule has 3 N–H and O–H groups in total. The lowest BCUT2D eigenvalue weighted by molar-refractivity contribution is -0.143. The van der Waals surface area contributed by atoms with Gasteiger partial charge in [-0.25, -0.2) is 0 Å². The van der Waals surface area contributed by atoms with E-state index in [4.69, 9.17) is 4.74 Å². The van der Waals surface area contributed by atoms with E-state index in [-0.39, 0.29) is 36.5 Å². The van der Waals surface area contributed by atoms with Gasteiger partial charge < -0.3 is 25.6 Å². The number of Topliss-reactive ketones (excluding diaryl/α,β-unsaturated/α-hetero) is 1. The van der Waals surface area contributed by atoms with Crippen molar-refractivity contribution in [3.8, 4) is 0 Å². The number of hydrogen-bond donors (Lipinski definition) is 3. The Kier molecular flexibility index (Phi) is 10.2. The Morgan fingerprint density at radius 1 is 0.744 bits per heavy atom. The normalized spacial score (nSPS) is 26.0. The molecule has 3 heterocycles. The van der Waals surface area contributed by atoms with Gasteiger partial charge in [-0.15, -0.1) is 0 Å². The predicted molar refractivity (Wildman–Crippen MR) is 159 cm³/mol. The Balaban J connectivity index is 1.36. The van der Waals surface area contributed by atoms with Gasteiger partial charge in [-0.1, -0.05) is 73.5 Å². The van der Waals surface area contributed by atoms with Gasteiger partial charge in [0, 0.05) is 25.8 Å². The summed E-state index contributed by atoms with van der Waals surface area (Å²) in [7, 11) is 0. The van der Waals surface area contributed by atoms with Crippen molar-refractivity contribution in [2.45, 2.75) is 88.1 Å². The highest BCUT2D eigenvalue weighted by Gasteiger charge is 2.40. The summed E-state index contributed by atoms with van der Waals surface area (Å²) in [6.07, 6.45) is 4.15. The van der Waals surface area contributed by atoms with E-state index in [1.54, 1.807) is 4.90 Å². The zero-order valence-electron chi connectivity index (χ0n) is 24.3. The molecule has 0 spiro atoms. The van der Waals surface area contributed by atoms with E-state index >= 15 is 0 Å². The number of nitrogens with one attached hydrogen (secondary N) is 3. The Labute approximate surface area is 251 Å². The zero-order chi connectivity index (χ0) is 30.2. The summed E-state index contributed by atoms with van der Waals surface area (Å²) in [5.41, 5.74) is 1.73. The molecule has 0 bridgehead atoms. The Morgan fingerprint density at radius 2 is 1.33 bits per heavy atom. The van der Waals surface area contributed by atoms with Crippen molar-refractivity contribution in [1.29, 1.82) is 0 Å². The number of nitrogens with zero attached hydrogens (tertiary/aromatic N) is 1. The molecule has 2 aromatic carbocycles. The van der Waals surface area contributed by atoms with Gasteiger partial charge in [-0.2, -0.15) is 0 Å². The topological polar surface area (TPSA) is 137 Å². The second kappa shape index (κ2) is 14.4. The van der Waals surface area contributed by atoms with Gasteiger partial charge >= 0.3 is 0 Å². The maximum atomic E-state index is 13.9. The highest BCUT2D eigenvalue weighted by Crippen LogP contribution is 2.21. The summed E-state index contributed by atoms with van der Waals surface area (Å²) in [4.78, 5) is 68.4. The lowest BCUT2D eigenvalue weighted by atomic mass is 10.00. The van der Waals surface area contributed by atoms with E-state index in [0.717, 1.165) is 11.1 Å². The number of ketones is 1. The first-order valence-corrected chi connectivity index (χ1v) is 15.3. The number of carbonyl (C=O) groups is 5. The molecule has 10 heteroatoms. The minimum atomic E-state index is -0.953. The number of epoxide rings is 1. The molecule has 5 atom stereocenters. The molecule has 228 valence electrons. The first-order chi connectivity index (χ1) is 20.9. The zero-order valence-corrected chi connectivity index (χ0v) is 24.3. The molecule has 0 saturated carbocycles. The summed E-state index contributed by atoms with van der Waals surface area (Å²) in [5, 5.41) is 8.72. The molecule has 0 aromatic heterocycles. The molecule has 0 radical (unpaired) electrons. The summed E-state index contributed by atoms with van der Waals surface area (Å²) < 4.78 is 5.04. The van der Waals surface area contributed by atoms with Crippen LogP contribution in [-0.2, 0) is 41.6 Å². The number of rotatable bonds is 11. The Bertz CT molecular complexity index is 1300. The average Bonchev–Trinajstić information content (AvgIpc) is 3.75. The molecule has 0 aliphatic carbocycles. The first kappa shape index (κ1) is 30.4. The summed E-state index contributed by atoms with van der Waals surface area (Å²) >= 11 is 0. The molecule has 2 aromatic rings. The Hall–Kier alpha value is -4.05. The largest absolute Gasteiger partial charge is 0.365 e. The molecular weight excluding hydrogens is 548 g/mol. The van der Waals surface area contributed by atoms with Gasteiger partial charge in [-0.05, 0) is 36.8 Å². The van der Waals surface area contributed by atoms with Crippen molar-refractivity contribution in [2.24, 2.45) is 0 Å². The van der Waals surface area contributed by atoms with Crippen molar-refractivity contribution < 1.29 is 28.7 Å². The van der Waals surface area contributed by atoms with E-state index in [2.05, 4.69) is 16.0 Å². The van der Waals surface area contributed by atoms with Gasteiger partial charge in [0.1, 0.15) is 30.3 Å². The lowest BCUT2D eigenvalue weighted by Crippen LogP contribution is -2.61. The van der Waals surface area contributed by atoms with Crippen LogP contribution in [0.4, 0.5) is 0 Å². The van der Waals surface area contributed by atoms with Crippen molar-refractivity contribution in [3.63, 3.8) is 0 Å². The van der Waals surface area contributed by atoms with Gasteiger partial charge in [0.25, 0.3) is 0 Å². The van der Waals surface area contributed by atoms with Crippen molar-refractivity contribution in [3.05, 3.63) is 71.8 Å². The second-order valence-corrected chi connectivity index (χ2v) is 11.6. The number of carbonyl (C=O) groups excluding carboxylic acids is 5. The van der Waals surface area contributed by atoms with Gasteiger partial charge in [0.2, 0.25) is 23.6 Å². The maximum Gasteiger partial charge on any atom is 0.246 e. The number of hydrogen-bond acceptors (Lipinski definition) is 6. The minimum Gasteiger partial charge on any atom is -0.365 e.